The van der Waals surface area contributed by atoms with Crippen molar-refractivity contribution in [3.05, 3.63) is 11.6 Å². The SMILES string of the molecule is CC1(C)[C@@H]2CC(CO[C@@H]3O[C@H](CO[C@@H]4OC[C@H](O)[C@H](O)[C@H]4O)[C@@H](O)[C@H](O)[C@H]3O)=C[C@H]1C2. The molecule has 0 amide bonds. The lowest BCUT2D eigenvalue weighted by atomic mass is 9.50. The van der Waals surface area contributed by atoms with Crippen LogP contribution in [0.3, 0.4) is 0 Å². The van der Waals surface area contributed by atoms with Gasteiger partial charge in [-0.05, 0) is 35.7 Å². The number of ether oxygens (including phenoxy) is 4. The van der Waals surface area contributed by atoms with E-state index in [4.69, 9.17) is 18.9 Å². The van der Waals surface area contributed by atoms with E-state index in [9.17, 15) is 30.6 Å². The van der Waals surface area contributed by atoms with Crippen LogP contribution in [0.1, 0.15) is 26.7 Å². The van der Waals surface area contributed by atoms with E-state index in [1.165, 1.54) is 6.42 Å². The molecule has 2 aliphatic heterocycles. The van der Waals surface area contributed by atoms with Gasteiger partial charge in [0.25, 0.3) is 0 Å². The highest BCUT2D eigenvalue weighted by Crippen LogP contribution is 2.58. The van der Waals surface area contributed by atoms with Crippen LogP contribution in [0.4, 0.5) is 0 Å². The summed E-state index contributed by atoms with van der Waals surface area (Å²) in [5.41, 5.74) is 1.44. The fourth-order valence-corrected chi connectivity index (χ4v) is 4.96. The number of hydrogen-bond donors (Lipinski definition) is 6. The smallest absolute Gasteiger partial charge is 0.187 e. The Morgan fingerprint density at radius 2 is 1.65 bits per heavy atom. The van der Waals surface area contributed by atoms with E-state index < -0.39 is 55.3 Å². The molecule has 2 heterocycles. The predicted octanol–water partition coefficient (Wildman–Crippen LogP) is -1.74. The molecule has 0 aromatic rings. The molecule has 1 saturated carbocycles. The average Bonchev–Trinajstić information content (AvgIpc) is 2.76. The molecule has 0 aromatic heterocycles. The van der Waals surface area contributed by atoms with Crippen molar-refractivity contribution in [3.8, 4) is 0 Å². The van der Waals surface area contributed by atoms with Crippen LogP contribution in [-0.4, -0.2) is 106 Å². The van der Waals surface area contributed by atoms with E-state index in [-0.39, 0.29) is 19.8 Å². The second-order valence-corrected chi connectivity index (χ2v) is 9.80. The van der Waals surface area contributed by atoms with Crippen LogP contribution in [0, 0.1) is 17.3 Å². The number of hydrogen-bond acceptors (Lipinski definition) is 10. The summed E-state index contributed by atoms with van der Waals surface area (Å²) in [5, 5.41) is 59.9. The minimum atomic E-state index is -1.51. The molecule has 0 aromatic carbocycles. The molecular weight excluding hydrogens is 412 g/mol. The fraction of sp³-hybridized carbons (Fsp3) is 0.905. The predicted molar refractivity (Wildman–Crippen MR) is 104 cm³/mol. The molecule has 3 aliphatic carbocycles. The molecule has 2 saturated heterocycles. The summed E-state index contributed by atoms with van der Waals surface area (Å²) in [6.45, 7) is 4.27. The summed E-state index contributed by atoms with van der Waals surface area (Å²) >= 11 is 0. The molecule has 3 fully saturated rings. The molecule has 6 N–H and O–H groups in total. The Balaban J connectivity index is 1.31. The van der Waals surface area contributed by atoms with Gasteiger partial charge in [0.05, 0.1) is 19.8 Å². The van der Waals surface area contributed by atoms with Crippen molar-refractivity contribution in [2.24, 2.45) is 17.3 Å². The van der Waals surface area contributed by atoms with Crippen molar-refractivity contribution in [2.75, 3.05) is 19.8 Å². The summed E-state index contributed by atoms with van der Waals surface area (Å²) in [6.07, 6.45) is -7.66. The van der Waals surface area contributed by atoms with Crippen molar-refractivity contribution < 1.29 is 49.6 Å². The van der Waals surface area contributed by atoms with Gasteiger partial charge < -0.3 is 49.6 Å². The first kappa shape index (κ1) is 23.5. The van der Waals surface area contributed by atoms with Gasteiger partial charge in [-0.1, -0.05) is 19.9 Å². The Bertz CT molecular complexity index is 669. The topological polar surface area (TPSA) is 158 Å². The number of fused-ring (bicyclic) bond motifs is 1. The van der Waals surface area contributed by atoms with Crippen LogP contribution in [-0.2, 0) is 18.9 Å². The summed E-state index contributed by atoms with van der Waals surface area (Å²) in [5.74, 6) is 1.13. The van der Waals surface area contributed by atoms with Crippen LogP contribution in [0.5, 0.6) is 0 Å². The highest BCUT2D eigenvalue weighted by atomic mass is 16.7. The van der Waals surface area contributed by atoms with Crippen molar-refractivity contribution in [1.82, 2.24) is 0 Å². The Kier molecular flexibility index (Phi) is 6.78. The van der Waals surface area contributed by atoms with Gasteiger partial charge in [0.15, 0.2) is 12.6 Å². The Labute approximate surface area is 181 Å². The second-order valence-electron chi connectivity index (χ2n) is 9.80. The first-order valence-corrected chi connectivity index (χ1v) is 10.9. The summed E-state index contributed by atoms with van der Waals surface area (Å²) in [4.78, 5) is 0. The second kappa shape index (κ2) is 8.94. The van der Waals surface area contributed by atoms with Crippen LogP contribution in [0.25, 0.3) is 0 Å². The maximum atomic E-state index is 10.3. The molecule has 178 valence electrons. The lowest BCUT2D eigenvalue weighted by molar-refractivity contribution is -0.319. The van der Waals surface area contributed by atoms with Crippen LogP contribution in [0.2, 0.25) is 0 Å². The van der Waals surface area contributed by atoms with Gasteiger partial charge in [0.1, 0.15) is 42.7 Å². The standard InChI is InChI=1S/C21H34O10/c1-21(2)10-3-9(4-11(21)5-10)6-28-20-18(27)16(25)15(24)13(31-20)8-30-19-17(26)14(23)12(22)7-29-19/h3,10-20,22-27H,4-8H2,1-2H3/t10-,11+,12-,13+,14-,15+,16-,17+,18+,19-,20+/m0/s1. The lowest BCUT2D eigenvalue weighted by Crippen LogP contribution is -2.60. The third-order valence-corrected chi connectivity index (χ3v) is 7.47. The Morgan fingerprint density at radius 3 is 2.29 bits per heavy atom. The largest absolute Gasteiger partial charge is 0.388 e. The third kappa shape index (κ3) is 4.43. The molecule has 5 rings (SSSR count). The summed E-state index contributed by atoms with van der Waals surface area (Å²) in [7, 11) is 0. The highest BCUT2D eigenvalue weighted by molar-refractivity contribution is 5.21. The van der Waals surface area contributed by atoms with E-state index in [0.717, 1.165) is 12.0 Å². The van der Waals surface area contributed by atoms with Gasteiger partial charge in [-0.15, -0.1) is 0 Å². The molecule has 10 nitrogen and oxygen atoms in total. The van der Waals surface area contributed by atoms with E-state index in [0.29, 0.717) is 17.3 Å². The number of allylic oxidation sites excluding steroid dienone is 1. The Morgan fingerprint density at radius 1 is 0.935 bits per heavy atom. The molecule has 0 radical (unpaired) electrons. The maximum Gasteiger partial charge on any atom is 0.187 e. The zero-order valence-corrected chi connectivity index (χ0v) is 17.8. The van der Waals surface area contributed by atoms with Crippen molar-refractivity contribution in [3.63, 3.8) is 0 Å². The first-order valence-electron chi connectivity index (χ1n) is 10.9. The zero-order chi connectivity index (χ0) is 22.5. The third-order valence-electron chi connectivity index (χ3n) is 7.47. The van der Waals surface area contributed by atoms with Crippen LogP contribution < -0.4 is 0 Å². The first-order chi connectivity index (χ1) is 14.6. The monoisotopic (exact) mass is 446 g/mol. The van der Waals surface area contributed by atoms with Gasteiger partial charge in [0, 0.05) is 0 Å². The molecule has 0 spiro atoms. The van der Waals surface area contributed by atoms with Crippen molar-refractivity contribution in [2.45, 2.75) is 82.0 Å². The van der Waals surface area contributed by atoms with Gasteiger partial charge in [-0.2, -0.15) is 0 Å². The van der Waals surface area contributed by atoms with E-state index in [1.807, 2.05) is 0 Å². The van der Waals surface area contributed by atoms with E-state index in [2.05, 4.69) is 19.9 Å². The van der Waals surface area contributed by atoms with Crippen molar-refractivity contribution in [1.29, 1.82) is 0 Å². The van der Waals surface area contributed by atoms with E-state index in [1.54, 1.807) is 0 Å². The molecule has 2 bridgehead atoms. The number of rotatable bonds is 6. The number of aliphatic hydroxyl groups excluding tert-OH is 6. The molecule has 0 unspecified atom stereocenters. The normalized spacial score (nSPS) is 49.3. The molecular formula is C21H34O10. The Hall–Kier alpha value is -0.660. The summed E-state index contributed by atoms with van der Waals surface area (Å²) in [6, 6.07) is 0. The van der Waals surface area contributed by atoms with Gasteiger partial charge in [-0.25, -0.2) is 0 Å². The quantitative estimate of drug-likeness (QED) is 0.259. The molecule has 31 heavy (non-hydrogen) atoms. The minimum absolute atomic E-state index is 0.224. The molecule has 11 atom stereocenters. The molecule has 5 aliphatic rings. The number of aliphatic hydroxyl groups is 6. The zero-order valence-electron chi connectivity index (χ0n) is 17.8. The van der Waals surface area contributed by atoms with Gasteiger partial charge >= 0.3 is 0 Å². The maximum absolute atomic E-state index is 10.3. The highest BCUT2D eigenvalue weighted by Gasteiger charge is 2.50. The fourth-order valence-electron chi connectivity index (χ4n) is 4.96. The molecule has 10 heteroatoms. The lowest BCUT2D eigenvalue weighted by Gasteiger charge is -2.55. The average molecular weight is 446 g/mol. The van der Waals surface area contributed by atoms with Crippen LogP contribution >= 0.6 is 0 Å². The van der Waals surface area contributed by atoms with Gasteiger partial charge in [0.2, 0.25) is 0 Å². The van der Waals surface area contributed by atoms with Gasteiger partial charge in [-0.3, -0.25) is 0 Å². The van der Waals surface area contributed by atoms with Crippen molar-refractivity contribution >= 4 is 0 Å². The minimum Gasteiger partial charge on any atom is -0.388 e. The van der Waals surface area contributed by atoms with E-state index >= 15 is 0 Å². The summed E-state index contributed by atoms with van der Waals surface area (Å²) < 4.78 is 22.0. The van der Waals surface area contributed by atoms with Crippen LogP contribution in [0.15, 0.2) is 11.6 Å².